The van der Waals surface area contributed by atoms with Crippen molar-refractivity contribution in [2.75, 3.05) is 5.43 Å². The summed E-state index contributed by atoms with van der Waals surface area (Å²) < 4.78 is 2.08. The van der Waals surface area contributed by atoms with Gasteiger partial charge in [0, 0.05) is 10.0 Å². The number of carbonyl (C=O) groups is 1. The third-order valence-electron chi connectivity index (χ3n) is 3.49. The second kappa shape index (κ2) is 7.12. The van der Waals surface area contributed by atoms with Crippen LogP contribution in [0.25, 0.3) is 10.9 Å². The smallest absolute Gasteiger partial charge is 0.280 e. The highest BCUT2D eigenvalue weighted by atomic mass is 79.9. The number of rotatable bonds is 2. The van der Waals surface area contributed by atoms with E-state index in [1.54, 1.807) is 49.4 Å². The van der Waals surface area contributed by atoms with Gasteiger partial charge in [0.25, 0.3) is 11.5 Å². The van der Waals surface area contributed by atoms with Crippen LogP contribution in [0.15, 0.2) is 57.8 Å². The van der Waals surface area contributed by atoms with E-state index in [-0.39, 0.29) is 16.6 Å². The number of para-hydroxylation sites is 1. The zero-order chi connectivity index (χ0) is 18.0. The van der Waals surface area contributed by atoms with Crippen LogP contribution in [0.3, 0.4) is 0 Å². The number of aryl methyl sites for hydroxylation is 1. The first kappa shape index (κ1) is 17.2. The number of fused-ring (bicyclic) bond motifs is 1. The minimum atomic E-state index is -0.371. The van der Waals surface area contributed by atoms with Crippen molar-refractivity contribution in [2.45, 2.75) is 6.92 Å². The number of carbonyl (C=O) groups excluding carboxylic acids is 1. The van der Waals surface area contributed by atoms with Crippen LogP contribution in [0, 0.1) is 6.92 Å². The van der Waals surface area contributed by atoms with Gasteiger partial charge >= 0.3 is 0 Å². The van der Waals surface area contributed by atoms with Gasteiger partial charge in [-0.2, -0.15) is 0 Å². The Balaban J connectivity index is 1.81. The Hall–Kier alpha value is -2.58. The molecule has 3 rings (SSSR count). The minimum Gasteiger partial charge on any atom is -0.298 e. The highest BCUT2D eigenvalue weighted by Gasteiger charge is 2.11. The number of nitrogens with zero attached hydrogens (tertiary/aromatic N) is 2. The van der Waals surface area contributed by atoms with Gasteiger partial charge in [-0.25, -0.2) is 9.66 Å². The number of thiocarbonyl (C=S) groups is 1. The molecule has 1 amide bonds. The van der Waals surface area contributed by atoms with Crippen molar-refractivity contribution >= 4 is 50.1 Å². The molecule has 0 spiro atoms. The fraction of sp³-hybridized carbons (Fsp3) is 0.0588. The predicted octanol–water partition coefficient (Wildman–Crippen LogP) is 2.73. The molecule has 126 valence electrons. The van der Waals surface area contributed by atoms with Crippen LogP contribution in [0.2, 0.25) is 0 Å². The number of nitrogens with one attached hydrogen (secondary N) is 2. The summed E-state index contributed by atoms with van der Waals surface area (Å²) in [7, 11) is 0. The molecule has 0 unspecified atom stereocenters. The molecule has 2 N–H and O–H groups in total. The quantitative estimate of drug-likeness (QED) is 0.628. The summed E-state index contributed by atoms with van der Waals surface area (Å²) in [5.41, 5.74) is 3.48. The molecule has 0 saturated carbocycles. The van der Waals surface area contributed by atoms with Crippen molar-refractivity contribution in [3.8, 4) is 0 Å². The van der Waals surface area contributed by atoms with Crippen LogP contribution in [-0.4, -0.2) is 20.7 Å². The van der Waals surface area contributed by atoms with E-state index in [4.69, 9.17) is 12.2 Å². The van der Waals surface area contributed by atoms with Gasteiger partial charge < -0.3 is 0 Å². The van der Waals surface area contributed by atoms with E-state index in [2.05, 4.69) is 31.7 Å². The third kappa shape index (κ3) is 3.75. The fourth-order valence-corrected chi connectivity index (χ4v) is 2.73. The summed E-state index contributed by atoms with van der Waals surface area (Å²) in [5.74, 6) is 0.0633. The summed E-state index contributed by atoms with van der Waals surface area (Å²) in [4.78, 5) is 29.1. The first-order chi connectivity index (χ1) is 12.0. The summed E-state index contributed by atoms with van der Waals surface area (Å²) in [6, 6.07) is 13.9. The van der Waals surface area contributed by atoms with Crippen LogP contribution in [0.4, 0.5) is 0 Å². The lowest BCUT2D eigenvalue weighted by molar-refractivity contribution is 0.0977. The zero-order valence-corrected chi connectivity index (χ0v) is 15.5. The van der Waals surface area contributed by atoms with Gasteiger partial charge in [-0.15, -0.1) is 0 Å². The Labute approximate surface area is 157 Å². The summed E-state index contributed by atoms with van der Waals surface area (Å²) >= 11 is 8.45. The predicted molar refractivity (Wildman–Crippen MR) is 104 cm³/mol. The molecule has 8 heteroatoms. The normalized spacial score (nSPS) is 10.5. The number of halogens is 1. The second-order valence-corrected chi connectivity index (χ2v) is 6.54. The molecule has 6 nitrogen and oxygen atoms in total. The molecule has 0 fully saturated rings. The Morgan fingerprint density at radius 1 is 1.16 bits per heavy atom. The average molecular weight is 417 g/mol. The van der Waals surface area contributed by atoms with E-state index in [1.165, 1.54) is 4.68 Å². The number of hydrogen-bond donors (Lipinski definition) is 2. The molecule has 2 aromatic carbocycles. The Bertz CT molecular complexity index is 1030. The maximum Gasteiger partial charge on any atom is 0.280 e. The Kier molecular flexibility index (Phi) is 4.91. The molecule has 1 heterocycles. The molecule has 0 bridgehead atoms. The van der Waals surface area contributed by atoms with Crippen LogP contribution in [0.1, 0.15) is 16.2 Å². The van der Waals surface area contributed by atoms with Crippen molar-refractivity contribution in [3.63, 3.8) is 0 Å². The number of aromatic nitrogens is 2. The van der Waals surface area contributed by atoms with Crippen molar-refractivity contribution < 1.29 is 4.79 Å². The SMILES string of the molecule is Cc1nc2ccccc2c(=O)n1NC(=S)NC(=O)c1ccc(Br)cc1. The first-order valence-electron chi connectivity index (χ1n) is 7.32. The van der Waals surface area contributed by atoms with Gasteiger partial charge in [-0.1, -0.05) is 28.1 Å². The highest BCUT2D eigenvalue weighted by molar-refractivity contribution is 9.10. The molecule has 0 atom stereocenters. The van der Waals surface area contributed by atoms with Crippen molar-refractivity contribution in [2.24, 2.45) is 0 Å². The van der Waals surface area contributed by atoms with E-state index in [0.29, 0.717) is 22.3 Å². The molecule has 3 aromatic rings. The molecule has 25 heavy (non-hydrogen) atoms. The van der Waals surface area contributed by atoms with Gasteiger partial charge in [-0.3, -0.25) is 20.3 Å². The van der Waals surface area contributed by atoms with Crippen LogP contribution >= 0.6 is 28.1 Å². The standard InChI is InChI=1S/C17H13BrN4O2S/c1-10-19-14-5-3-2-4-13(14)16(24)22(10)21-17(25)20-15(23)11-6-8-12(18)9-7-11/h2-9H,1H3,(H2,20,21,23,25). The second-order valence-electron chi connectivity index (χ2n) is 5.22. The monoisotopic (exact) mass is 416 g/mol. The molecule has 0 aliphatic rings. The van der Waals surface area contributed by atoms with E-state index < -0.39 is 0 Å². The van der Waals surface area contributed by atoms with E-state index in [1.807, 2.05) is 6.07 Å². The molecule has 0 aliphatic heterocycles. The lowest BCUT2D eigenvalue weighted by Crippen LogP contribution is -2.43. The highest BCUT2D eigenvalue weighted by Crippen LogP contribution is 2.10. The number of amides is 1. The third-order valence-corrected chi connectivity index (χ3v) is 4.21. The van der Waals surface area contributed by atoms with Crippen LogP contribution < -0.4 is 16.3 Å². The first-order valence-corrected chi connectivity index (χ1v) is 8.52. The van der Waals surface area contributed by atoms with Gasteiger partial charge in [0.05, 0.1) is 10.9 Å². The topological polar surface area (TPSA) is 76.0 Å². The fourth-order valence-electron chi connectivity index (χ4n) is 2.28. The summed E-state index contributed by atoms with van der Waals surface area (Å²) in [6.45, 7) is 1.68. The lowest BCUT2D eigenvalue weighted by atomic mass is 10.2. The molecule has 1 aromatic heterocycles. The van der Waals surface area contributed by atoms with Gasteiger partial charge in [0.15, 0.2) is 5.11 Å². The van der Waals surface area contributed by atoms with Gasteiger partial charge in [0.1, 0.15) is 5.82 Å². The number of benzene rings is 2. The Morgan fingerprint density at radius 3 is 2.56 bits per heavy atom. The zero-order valence-electron chi connectivity index (χ0n) is 13.1. The molecule has 0 aliphatic carbocycles. The van der Waals surface area contributed by atoms with E-state index >= 15 is 0 Å². The van der Waals surface area contributed by atoms with E-state index in [9.17, 15) is 9.59 Å². The van der Waals surface area contributed by atoms with Gasteiger partial charge in [0.2, 0.25) is 0 Å². The van der Waals surface area contributed by atoms with Crippen LogP contribution in [-0.2, 0) is 0 Å². The molecular weight excluding hydrogens is 404 g/mol. The van der Waals surface area contributed by atoms with E-state index in [0.717, 1.165) is 4.47 Å². The Morgan fingerprint density at radius 2 is 1.84 bits per heavy atom. The maximum absolute atomic E-state index is 12.6. The largest absolute Gasteiger partial charge is 0.298 e. The summed E-state index contributed by atoms with van der Waals surface area (Å²) in [5, 5.41) is 3.02. The van der Waals surface area contributed by atoms with Gasteiger partial charge in [-0.05, 0) is 55.5 Å². The number of hydrogen-bond acceptors (Lipinski definition) is 4. The maximum atomic E-state index is 12.6. The molecular formula is C17H13BrN4O2S. The van der Waals surface area contributed by atoms with Crippen molar-refractivity contribution in [1.29, 1.82) is 0 Å². The molecule has 0 radical (unpaired) electrons. The average Bonchev–Trinajstić information content (AvgIpc) is 2.59. The minimum absolute atomic E-state index is 0.00944. The summed E-state index contributed by atoms with van der Waals surface area (Å²) in [6.07, 6.45) is 0. The molecule has 0 saturated heterocycles. The van der Waals surface area contributed by atoms with Crippen molar-refractivity contribution in [3.05, 3.63) is 74.7 Å². The van der Waals surface area contributed by atoms with Crippen LogP contribution in [0.5, 0.6) is 0 Å². The van der Waals surface area contributed by atoms with Crippen molar-refractivity contribution in [1.82, 2.24) is 15.0 Å². The lowest BCUT2D eigenvalue weighted by Gasteiger charge is -2.14.